The molecule has 0 N–H and O–H groups in total. The van der Waals surface area contributed by atoms with E-state index >= 15 is 0 Å². The molecule has 1 radical (unpaired) electrons. The van der Waals surface area contributed by atoms with Crippen LogP contribution in [0, 0.1) is 17.5 Å². The average molecular weight is 904 g/mol. The number of imidazole rings is 1. The fourth-order valence-corrected chi connectivity index (χ4v) is 6.08. The molecule has 279 valence electrons. The first-order chi connectivity index (χ1) is 26.7. The van der Waals surface area contributed by atoms with Crippen LogP contribution < -0.4 is 0 Å². The van der Waals surface area contributed by atoms with E-state index in [0.29, 0.717) is 11.3 Å². The monoisotopic (exact) mass is 904 g/mol. The molecule has 5 aromatic carbocycles. The average Bonchev–Trinajstić information content (AvgIpc) is 3.57. The van der Waals surface area contributed by atoms with Gasteiger partial charge >= 0.3 is 6.18 Å². The summed E-state index contributed by atoms with van der Waals surface area (Å²) in [6.45, 7) is 9.32. The normalized spacial score (nSPS) is 13.4. The molecule has 2 aromatic heterocycles. The van der Waals surface area contributed by atoms with Gasteiger partial charge in [-0.3, -0.25) is 4.98 Å². The second-order valence-corrected chi connectivity index (χ2v) is 13.8. The Morgan fingerprint density at radius 1 is 0.722 bits per heavy atom. The molecule has 54 heavy (non-hydrogen) atoms. The van der Waals surface area contributed by atoms with Gasteiger partial charge in [0.1, 0.15) is 0 Å². The van der Waals surface area contributed by atoms with Crippen LogP contribution >= 0.6 is 0 Å². The smallest absolute Gasteiger partial charge is 0.333 e. The first-order valence-corrected chi connectivity index (χ1v) is 17.4. The van der Waals surface area contributed by atoms with Crippen LogP contribution in [0.5, 0.6) is 0 Å². The van der Waals surface area contributed by atoms with Gasteiger partial charge in [-0.2, -0.15) is 13.2 Å². The van der Waals surface area contributed by atoms with Gasteiger partial charge in [-0.05, 0) is 69.9 Å². The molecular formula is C47H44F3IrN3-2. The van der Waals surface area contributed by atoms with Crippen molar-refractivity contribution in [1.82, 2.24) is 14.5 Å². The zero-order valence-electron chi connectivity index (χ0n) is 35.0. The number of halogens is 3. The maximum atomic E-state index is 13.4. The molecule has 0 aliphatic carbocycles. The molecule has 2 heterocycles. The number of benzene rings is 5. The van der Waals surface area contributed by atoms with Crippen LogP contribution in [0.25, 0.3) is 50.5 Å². The largest absolute Gasteiger partial charge is 0.394 e. The summed E-state index contributed by atoms with van der Waals surface area (Å²) in [5.41, 5.74) is 5.63. The Kier molecular flexibility index (Phi) is 11.0. The van der Waals surface area contributed by atoms with Crippen LogP contribution in [0.2, 0.25) is 0 Å². The van der Waals surface area contributed by atoms with E-state index in [0.717, 1.165) is 64.2 Å². The molecule has 3 nitrogen and oxygen atoms in total. The van der Waals surface area contributed by atoms with Gasteiger partial charge in [-0.25, -0.2) is 0 Å². The van der Waals surface area contributed by atoms with Gasteiger partial charge in [0.2, 0.25) is 0 Å². The summed E-state index contributed by atoms with van der Waals surface area (Å²) in [5.74, 6) is -0.895. The first-order valence-electron chi connectivity index (χ1n) is 19.4. The fourth-order valence-electron chi connectivity index (χ4n) is 6.08. The zero-order valence-corrected chi connectivity index (χ0v) is 33.4. The third kappa shape index (κ3) is 8.92. The van der Waals surface area contributed by atoms with Gasteiger partial charge in [0.05, 0.1) is 22.3 Å². The van der Waals surface area contributed by atoms with Crippen molar-refractivity contribution >= 4 is 11.0 Å². The number of pyridine rings is 1. The Morgan fingerprint density at radius 3 is 1.93 bits per heavy atom. The maximum absolute atomic E-state index is 13.4. The Morgan fingerprint density at radius 2 is 1.31 bits per heavy atom. The van der Waals surface area contributed by atoms with Crippen LogP contribution in [0.1, 0.15) is 75.5 Å². The molecule has 7 heteroatoms. The van der Waals surface area contributed by atoms with Gasteiger partial charge in [-0.15, -0.1) is 71.8 Å². The summed E-state index contributed by atoms with van der Waals surface area (Å²) < 4.78 is 76.4. The van der Waals surface area contributed by atoms with E-state index in [2.05, 4.69) is 21.7 Å². The topological polar surface area (TPSA) is 30.7 Å². The number of nitrogens with zero attached hydrogens (tertiary/aromatic N) is 3. The summed E-state index contributed by atoms with van der Waals surface area (Å²) >= 11 is 0. The SMILES string of the molecule is [2H]C(C)(C)c1cccc(C([2H])(C)C)c1-n1c(-c2[c-]cccc2)nc2ccccc21.[2H]C([2H])(c1cccc(-c2ccnc(-c3[c-]cccc3)c2)c1)C(C)(C)C(F)(F)F.[Ir]. The fraction of sp³-hybridized carbons (Fsp3) is 0.234. The molecule has 0 aliphatic rings. The minimum Gasteiger partial charge on any atom is -0.333 e. The molecule has 7 aromatic rings. The van der Waals surface area contributed by atoms with Crippen molar-refractivity contribution in [3.63, 3.8) is 0 Å². The number of fused-ring (bicyclic) bond motifs is 1. The zero-order chi connectivity index (χ0) is 41.4. The van der Waals surface area contributed by atoms with Crippen molar-refractivity contribution < 1.29 is 38.8 Å². The number of rotatable bonds is 8. The van der Waals surface area contributed by atoms with Crippen molar-refractivity contribution in [2.75, 3.05) is 0 Å². The van der Waals surface area contributed by atoms with E-state index in [-0.39, 0.29) is 25.7 Å². The predicted molar refractivity (Wildman–Crippen MR) is 211 cm³/mol. The summed E-state index contributed by atoms with van der Waals surface area (Å²) in [5, 5.41) is 0. The summed E-state index contributed by atoms with van der Waals surface area (Å²) in [6, 6.07) is 45.2. The molecule has 0 fully saturated rings. The number of hydrogen-bond donors (Lipinski definition) is 0. The van der Waals surface area contributed by atoms with Crippen molar-refractivity contribution in [3.8, 4) is 39.5 Å². The maximum Gasteiger partial charge on any atom is 0.394 e. The second kappa shape index (κ2) is 17.1. The predicted octanol–water partition coefficient (Wildman–Crippen LogP) is 13.1. The molecule has 7 rings (SSSR count). The van der Waals surface area contributed by atoms with E-state index in [1.54, 1.807) is 30.5 Å². The summed E-state index contributed by atoms with van der Waals surface area (Å²) in [4.78, 5) is 9.24. The van der Waals surface area contributed by atoms with Gasteiger partial charge in [0.25, 0.3) is 0 Å². The Balaban J connectivity index is 0.000000217. The minimum absolute atomic E-state index is 0. The number of para-hydroxylation sites is 3. The van der Waals surface area contributed by atoms with Crippen LogP contribution in [0.15, 0.2) is 134 Å². The molecule has 0 saturated heterocycles. The Labute approximate surface area is 336 Å². The summed E-state index contributed by atoms with van der Waals surface area (Å²) in [7, 11) is 0. The van der Waals surface area contributed by atoms with Crippen LogP contribution in [0.4, 0.5) is 13.2 Å². The van der Waals surface area contributed by atoms with Gasteiger partial charge in [0, 0.05) is 37.5 Å². The Bertz CT molecular complexity index is 2460. The standard InChI is InChI=1S/C25H25N2.C22H19F3N.Ir/c1-17(2)20-13-10-14-21(18(3)4)24(20)27-23-16-9-8-15-22(23)26-25(27)19-11-6-5-7-12-19;1-21(2,22(23,24)25)15-16-7-6-10-18(13-16)19-11-12-26-20(14-19)17-8-4-3-5-9-17;/h5-11,13-18H,1-4H3;3-8,10-14H,15H2,1-2H3;/q2*-1;/i17D,18D;15D2;. The molecule has 0 amide bonds. The van der Waals surface area contributed by atoms with Crippen LogP contribution in [-0.2, 0) is 26.5 Å². The minimum atomic E-state index is -4.68. The molecule has 0 atom stereocenters. The van der Waals surface area contributed by atoms with Crippen LogP contribution in [0.3, 0.4) is 0 Å². The molecular weight excluding hydrogens is 856 g/mol. The van der Waals surface area contributed by atoms with Crippen molar-refractivity contribution in [2.24, 2.45) is 5.41 Å². The van der Waals surface area contributed by atoms with E-state index in [9.17, 15) is 13.2 Å². The molecule has 0 saturated carbocycles. The van der Waals surface area contributed by atoms with Gasteiger partial charge in [0.15, 0.2) is 0 Å². The summed E-state index contributed by atoms with van der Waals surface area (Å²) in [6.07, 6.45) is -5.66. The Hall–Kier alpha value is -4.84. The van der Waals surface area contributed by atoms with E-state index in [4.69, 9.17) is 10.5 Å². The van der Waals surface area contributed by atoms with Crippen molar-refractivity contribution in [2.45, 2.75) is 65.9 Å². The van der Waals surface area contributed by atoms with E-state index in [1.807, 2.05) is 119 Å². The molecule has 0 aliphatic heterocycles. The number of hydrogen-bond acceptors (Lipinski definition) is 2. The van der Waals surface area contributed by atoms with Crippen LogP contribution in [-0.4, -0.2) is 20.7 Å². The van der Waals surface area contributed by atoms with Crippen molar-refractivity contribution in [3.05, 3.63) is 162 Å². The first kappa shape index (κ1) is 34.9. The van der Waals surface area contributed by atoms with Crippen molar-refractivity contribution in [1.29, 1.82) is 0 Å². The third-order valence-electron chi connectivity index (χ3n) is 8.95. The van der Waals surface area contributed by atoms with Gasteiger partial charge in [-0.1, -0.05) is 102 Å². The molecule has 0 unspecified atom stereocenters. The quantitative estimate of drug-likeness (QED) is 0.142. The second-order valence-electron chi connectivity index (χ2n) is 13.8. The number of alkyl halides is 3. The third-order valence-corrected chi connectivity index (χ3v) is 8.95. The molecule has 0 spiro atoms. The van der Waals surface area contributed by atoms with Gasteiger partial charge < -0.3 is 9.55 Å². The number of aromatic nitrogens is 3. The van der Waals surface area contributed by atoms with E-state index < -0.39 is 29.8 Å². The van der Waals surface area contributed by atoms with E-state index in [1.165, 1.54) is 12.1 Å². The molecule has 0 bridgehead atoms.